The van der Waals surface area contributed by atoms with E-state index in [-0.39, 0.29) is 11.9 Å². The van der Waals surface area contributed by atoms with Crippen molar-refractivity contribution in [1.29, 1.82) is 0 Å². The zero-order valence-electron chi connectivity index (χ0n) is 16.1. The van der Waals surface area contributed by atoms with E-state index in [1.807, 2.05) is 29.2 Å². The Labute approximate surface area is 164 Å². The molecule has 0 spiro atoms. The highest BCUT2D eigenvalue weighted by atomic mass is 16.5. The van der Waals surface area contributed by atoms with Crippen LogP contribution in [-0.4, -0.2) is 54.5 Å². The SMILES string of the molecule is COc1ccc(NC(=O)N2CCC(c3nc(C4CCOCC4)no3)CC2)cc1. The summed E-state index contributed by atoms with van der Waals surface area (Å²) < 4.78 is 16.1. The van der Waals surface area contributed by atoms with Crippen molar-refractivity contribution in [3.8, 4) is 5.75 Å². The van der Waals surface area contributed by atoms with Crippen molar-refractivity contribution in [1.82, 2.24) is 15.0 Å². The number of likely N-dealkylation sites (tertiary alicyclic amines) is 1. The van der Waals surface area contributed by atoms with Crippen molar-refractivity contribution in [2.45, 2.75) is 37.5 Å². The second kappa shape index (κ2) is 8.60. The third-order valence-electron chi connectivity index (χ3n) is 5.52. The molecule has 8 heteroatoms. The van der Waals surface area contributed by atoms with Crippen molar-refractivity contribution in [3.05, 3.63) is 36.0 Å². The second-order valence-electron chi connectivity index (χ2n) is 7.30. The summed E-state index contributed by atoms with van der Waals surface area (Å²) in [5.74, 6) is 2.82. The minimum Gasteiger partial charge on any atom is -0.497 e. The molecule has 8 nitrogen and oxygen atoms in total. The van der Waals surface area contributed by atoms with E-state index in [4.69, 9.17) is 14.0 Å². The molecular weight excluding hydrogens is 360 g/mol. The van der Waals surface area contributed by atoms with Crippen molar-refractivity contribution in [2.24, 2.45) is 0 Å². The van der Waals surface area contributed by atoms with Crippen LogP contribution in [0.15, 0.2) is 28.8 Å². The topological polar surface area (TPSA) is 89.7 Å². The number of carbonyl (C=O) groups is 1. The number of hydrogen-bond acceptors (Lipinski definition) is 6. The molecule has 1 aromatic carbocycles. The first-order valence-corrected chi connectivity index (χ1v) is 9.84. The number of urea groups is 1. The lowest BCUT2D eigenvalue weighted by Crippen LogP contribution is -2.40. The number of ether oxygens (including phenoxy) is 2. The van der Waals surface area contributed by atoms with E-state index < -0.39 is 0 Å². The average molecular weight is 386 g/mol. The summed E-state index contributed by atoms with van der Waals surface area (Å²) >= 11 is 0. The molecule has 0 radical (unpaired) electrons. The zero-order valence-corrected chi connectivity index (χ0v) is 16.1. The Morgan fingerprint density at radius 3 is 2.50 bits per heavy atom. The highest BCUT2D eigenvalue weighted by Gasteiger charge is 2.29. The Bertz CT molecular complexity index is 778. The van der Waals surface area contributed by atoms with Crippen LogP contribution < -0.4 is 10.1 Å². The van der Waals surface area contributed by atoms with E-state index in [2.05, 4.69) is 15.5 Å². The molecule has 0 atom stereocenters. The molecular formula is C20H26N4O4. The third-order valence-corrected chi connectivity index (χ3v) is 5.52. The highest BCUT2D eigenvalue weighted by Crippen LogP contribution is 2.30. The maximum atomic E-state index is 12.5. The fraction of sp³-hybridized carbons (Fsp3) is 0.550. The highest BCUT2D eigenvalue weighted by molar-refractivity contribution is 5.89. The number of anilines is 1. The number of benzene rings is 1. The number of piperidine rings is 1. The van der Waals surface area contributed by atoms with Gasteiger partial charge in [-0.2, -0.15) is 4.98 Å². The molecule has 2 saturated heterocycles. The average Bonchev–Trinajstić information content (AvgIpc) is 3.25. The van der Waals surface area contributed by atoms with Crippen LogP contribution in [0.3, 0.4) is 0 Å². The summed E-state index contributed by atoms with van der Waals surface area (Å²) in [6.45, 7) is 2.86. The molecule has 2 amide bonds. The molecule has 0 saturated carbocycles. The Kier molecular flexibility index (Phi) is 5.76. The predicted octanol–water partition coefficient (Wildman–Crippen LogP) is 3.38. The number of hydrogen-bond donors (Lipinski definition) is 1. The Morgan fingerprint density at radius 1 is 1.11 bits per heavy atom. The van der Waals surface area contributed by atoms with E-state index in [1.54, 1.807) is 7.11 Å². The van der Waals surface area contributed by atoms with Crippen molar-refractivity contribution in [2.75, 3.05) is 38.7 Å². The van der Waals surface area contributed by atoms with Gasteiger partial charge in [-0.05, 0) is 49.9 Å². The molecule has 0 bridgehead atoms. The molecule has 0 unspecified atom stereocenters. The number of methoxy groups -OCH3 is 1. The van der Waals surface area contributed by atoms with Crippen LogP contribution in [0.2, 0.25) is 0 Å². The number of rotatable bonds is 4. The first kappa shape index (κ1) is 18.7. The molecule has 2 aliphatic rings. The molecule has 3 heterocycles. The van der Waals surface area contributed by atoms with Crippen LogP contribution in [0.1, 0.15) is 49.2 Å². The van der Waals surface area contributed by atoms with Gasteiger partial charge in [0.05, 0.1) is 7.11 Å². The summed E-state index contributed by atoms with van der Waals surface area (Å²) in [6, 6.07) is 7.23. The number of nitrogens with zero attached hydrogens (tertiary/aromatic N) is 3. The molecule has 4 rings (SSSR count). The van der Waals surface area contributed by atoms with Gasteiger partial charge in [0.1, 0.15) is 5.75 Å². The van der Waals surface area contributed by atoms with Gasteiger partial charge >= 0.3 is 6.03 Å². The maximum Gasteiger partial charge on any atom is 0.321 e. The Hall–Kier alpha value is -2.61. The van der Waals surface area contributed by atoms with Crippen LogP contribution in [0.4, 0.5) is 10.5 Å². The summed E-state index contributed by atoms with van der Waals surface area (Å²) in [5, 5.41) is 7.13. The van der Waals surface area contributed by atoms with Gasteiger partial charge in [-0.15, -0.1) is 0 Å². The van der Waals surface area contributed by atoms with Gasteiger partial charge in [-0.3, -0.25) is 0 Å². The van der Waals surface area contributed by atoms with Gasteiger partial charge in [0, 0.05) is 43.8 Å². The molecule has 2 fully saturated rings. The smallest absolute Gasteiger partial charge is 0.321 e. The third kappa shape index (κ3) is 4.27. The fourth-order valence-electron chi connectivity index (χ4n) is 3.74. The first-order valence-electron chi connectivity index (χ1n) is 9.84. The van der Waals surface area contributed by atoms with Gasteiger partial charge in [0.25, 0.3) is 0 Å². The van der Waals surface area contributed by atoms with Crippen molar-refractivity contribution >= 4 is 11.7 Å². The molecule has 28 heavy (non-hydrogen) atoms. The van der Waals surface area contributed by atoms with Crippen molar-refractivity contribution in [3.63, 3.8) is 0 Å². The number of carbonyl (C=O) groups excluding carboxylic acids is 1. The Balaban J connectivity index is 1.29. The molecule has 1 N–H and O–H groups in total. The van der Waals surface area contributed by atoms with Crippen LogP contribution in [-0.2, 0) is 4.74 Å². The molecule has 0 aliphatic carbocycles. The summed E-state index contributed by atoms with van der Waals surface area (Å²) in [7, 11) is 1.62. The molecule has 2 aromatic rings. The van der Waals surface area contributed by atoms with Crippen LogP contribution in [0.25, 0.3) is 0 Å². The maximum absolute atomic E-state index is 12.5. The van der Waals surface area contributed by atoms with E-state index in [0.717, 1.165) is 56.2 Å². The van der Waals surface area contributed by atoms with E-state index in [9.17, 15) is 4.79 Å². The molecule has 1 aromatic heterocycles. The number of amides is 2. The van der Waals surface area contributed by atoms with E-state index >= 15 is 0 Å². The monoisotopic (exact) mass is 386 g/mol. The Morgan fingerprint density at radius 2 is 1.82 bits per heavy atom. The van der Waals surface area contributed by atoms with E-state index in [0.29, 0.717) is 24.9 Å². The van der Waals surface area contributed by atoms with Crippen LogP contribution >= 0.6 is 0 Å². The summed E-state index contributed by atoms with van der Waals surface area (Å²) in [6.07, 6.45) is 3.54. The lowest BCUT2D eigenvalue weighted by molar-refractivity contribution is 0.0830. The summed E-state index contributed by atoms with van der Waals surface area (Å²) in [4.78, 5) is 19.0. The van der Waals surface area contributed by atoms with Gasteiger partial charge in [0.2, 0.25) is 5.89 Å². The van der Waals surface area contributed by atoms with Gasteiger partial charge in [-0.25, -0.2) is 4.79 Å². The van der Waals surface area contributed by atoms with Gasteiger partial charge in [-0.1, -0.05) is 5.16 Å². The quantitative estimate of drug-likeness (QED) is 0.866. The molecule has 2 aliphatic heterocycles. The van der Waals surface area contributed by atoms with Gasteiger partial charge < -0.3 is 24.2 Å². The molecule has 150 valence electrons. The standard InChI is InChI=1S/C20H26N4O4/c1-26-17-4-2-16(3-5-17)21-20(25)24-10-6-15(7-11-24)19-22-18(23-28-19)14-8-12-27-13-9-14/h2-5,14-15H,6-13H2,1H3,(H,21,25). The van der Waals surface area contributed by atoms with Crippen LogP contribution in [0, 0.1) is 0 Å². The predicted molar refractivity (Wildman–Crippen MR) is 103 cm³/mol. The largest absolute Gasteiger partial charge is 0.497 e. The van der Waals surface area contributed by atoms with Gasteiger partial charge in [0.15, 0.2) is 5.82 Å². The minimum absolute atomic E-state index is 0.0861. The lowest BCUT2D eigenvalue weighted by Gasteiger charge is -2.30. The normalized spacial score (nSPS) is 18.8. The fourth-order valence-corrected chi connectivity index (χ4v) is 3.74. The zero-order chi connectivity index (χ0) is 19.3. The summed E-state index contributed by atoms with van der Waals surface area (Å²) in [5.41, 5.74) is 0.755. The lowest BCUT2D eigenvalue weighted by atomic mass is 9.96. The van der Waals surface area contributed by atoms with Crippen LogP contribution in [0.5, 0.6) is 5.75 Å². The van der Waals surface area contributed by atoms with E-state index in [1.165, 1.54) is 0 Å². The second-order valence-corrected chi connectivity index (χ2v) is 7.30. The minimum atomic E-state index is -0.0861. The number of nitrogens with one attached hydrogen (secondary N) is 1. The number of aromatic nitrogens is 2. The first-order chi connectivity index (χ1) is 13.7. The van der Waals surface area contributed by atoms with Crippen molar-refractivity contribution < 1.29 is 18.8 Å².